The Morgan fingerprint density at radius 2 is 2.09 bits per heavy atom. The molecule has 1 amide bonds. The number of Topliss-reactive ketones (excluding diaryl/α,β-unsaturated/α-hetero) is 1. The fraction of sp³-hybridized carbons (Fsp3) is 0.562. The molecule has 1 saturated heterocycles. The molecule has 0 bridgehead atoms. The quantitative estimate of drug-likeness (QED) is 0.841. The van der Waals surface area contributed by atoms with Gasteiger partial charge in [-0.25, -0.2) is 9.97 Å². The average molecular weight is 300 g/mol. The Morgan fingerprint density at radius 1 is 1.41 bits per heavy atom. The van der Waals surface area contributed by atoms with Crippen LogP contribution in [0.1, 0.15) is 43.4 Å². The smallest absolute Gasteiger partial charge is 0.223 e. The van der Waals surface area contributed by atoms with E-state index >= 15 is 0 Å². The van der Waals surface area contributed by atoms with Crippen LogP contribution in [-0.2, 0) is 9.59 Å². The van der Waals surface area contributed by atoms with Crippen molar-refractivity contribution in [1.29, 1.82) is 5.26 Å². The number of nitriles is 1. The van der Waals surface area contributed by atoms with Gasteiger partial charge >= 0.3 is 0 Å². The number of hydrogen-bond donors (Lipinski definition) is 0. The van der Waals surface area contributed by atoms with Crippen molar-refractivity contribution in [3.63, 3.8) is 0 Å². The van der Waals surface area contributed by atoms with Gasteiger partial charge in [-0.2, -0.15) is 5.26 Å². The summed E-state index contributed by atoms with van der Waals surface area (Å²) in [6.45, 7) is 7.76. The van der Waals surface area contributed by atoms with Gasteiger partial charge in [0.2, 0.25) is 5.91 Å². The number of carbonyl (C=O) groups excluding carboxylic acids is 2. The predicted molar refractivity (Wildman–Crippen MR) is 79.8 cm³/mol. The maximum absolute atomic E-state index is 12.7. The van der Waals surface area contributed by atoms with Gasteiger partial charge in [-0.15, -0.1) is 0 Å². The van der Waals surface area contributed by atoms with Crippen molar-refractivity contribution in [2.75, 3.05) is 6.54 Å². The number of amides is 1. The highest BCUT2D eigenvalue weighted by Crippen LogP contribution is 2.27. The third-order valence-electron chi connectivity index (χ3n) is 3.88. The van der Waals surface area contributed by atoms with Crippen molar-refractivity contribution >= 4 is 11.7 Å². The summed E-state index contributed by atoms with van der Waals surface area (Å²) < 4.78 is 0. The molecule has 1 aliphatic rings. The molecule has 0 N–H and O–H groups in total. The second-order valence-electron chi connectivity index (χ2n) is 5.99. The molecular formula is C16H20N4O2. The normalized spacial score (nSPS) is 19.4. The molecule has 6 heteroatoms. The predicted octanol–water partition coefficient (Wildman–Crippen LogP) is 1.53. The zero-order valence-electron chi connectivity index (χ0n) is 13.3. The Labute approximate surface area is 130 Å². The third kappa shape index (κ3) is 3.14. The van der Waals surface area contributed by atoms with Gasteiger partial charge in [-0.05, 0) is 33.8 Å². The van der Waals surface area contributed by atoms with Gasteiger partial charge < -0.3 is 4.90 Å². The SMILES string of the molecule is Cc1cc([C@H](C#N)C(=O)[C@@H]2CC(=O)N(C(C)C)C2)nc(C)n1. The number of carbonyl (C=O) groups is 2. The minimum absolute atomic E-state index is 0.0277. The van der Waals surface area contributed by atoms with Crippen LogP contribution in [-0.4, -0.2) is 39.1 Å². The van der Waals surface area contributed by atoms with Crippen molar-refractivity contribution < 1.29 is 9.59 Å². The van der Waals surface area contributed by atoms with E-state index in [1.54, 1.807) is 24.8 Å². The zero-order chi connectivity index (χ0) is 16.4. The first-order chi connectivity index (χ1) is 10.3. The molecule has 2 atom stereocenters. The van der Waals surface area contributed by atoms with Crippen molar-refractivity contribution in [2.45, 2.75) is 46.1 Å². The molecule has 1 aliphatic heterocycles. The number of aromatic nitrogens is 2. The molecule has 1 aromatic rings. The first kappa shape index (κ1) is 16.1. The van der Waals surface area contributed by atoms with Crippen molar-refractivity contribution in [3.05, 3.63) is 23.3 Å². The molecule has 6 nitrogen and oxygen atoms in total. The van der Waals surface area contributed by atoms with E-state index in [4.69, 9.17) is 0 Å². The lowest BCUT2D eigenvalue weighted by molar-refractivity contribution is -0.129. The lowest BCUT2D eigenvalue weighted by Crippen LogP contribution is -2.33. The molecule has 1 aromatic heterocycles. The van der Waals surface area contributed by atoms with Gasteiger partial charge in [-0.3, -0.25) is 9.59 Å². The first-order valence-corrected chi connectivity index (χ1v) is 7.38. The highest BCUT2D eigenvalue weighted by Gasteiger charge is 2.39. The summed E-state index contributed by atoms with van der Waals surface area (Å²) in [6.07, 6.45) is 0.179. The maximum Gasteiger partial charge on any atom is 0.223 e. The van der Waals surface area contributed by atoms with E-state index in [0.29, 0.717) is 18.1 Å². The van der Waals surface area contributed by atoms with E-state index in [2.05, 4.69) is 9.97 Å². The highest BCUT2D eigenvalue weighted by atomic mass is 16.2. The lowest BCUT2D eigenvalue weighted by atomic mass is 9.90. The van der Waals surface area contributed by atoms with E-state index < -0.39 is 11.8 Å². The zero-order valence-corrected chi connectivity index (χ0v) is 13.3. The number of nitrogens with zero attached hydrogens (tertiary/aromatic N) is 4. The summed E-state index contributed by atoms with van der Waals surface area (Å²) in [5, 5.41) is 9.40. The Hall–Kier alpha value is -2.29. The molecule has 0 aliphatic carbocycles. The van der Waals surface area contributed by atoms with Crippen LogP contribution >= 0.6 is 0 Å². The number of rotatable bonds is 4. The van der Waals surface area contributed by atoms with E-state index in [9.17, 15) is 14.9 Å². The number of ketones is 1. The van der Waals surface area contributed by atoms with Crippen molar-refractivity contribution in [2.24, 2.45) is 5.92 Å². The Bertz CT molecular complexity index is 628. The minimum Gasteiger partial charge on any atom is -0.340 e. The number of aryl methyl sites for hydroxylation is 2. The summed E-state index contributed by atoms with van der Waals surface area (Å²) in [6, 6.07) is 3.77. The molecule has 0 spiro atoms. The van der Waals surface area contributed by atoms with Gasteiger partial charge in [0.05, 0.1) is 11.8 Å². The molecule has 22 heavy (non-hydrogen) atoms. The van der Waals surface area contributed by atoms with Crippen LogP contribution in [0.2, 0.25) is 0 Å². The Balaban J connectivity index is 2.24. The van der Waals surface area contributed by atoms with Crippen molar-refractivity contribution in [3.8, 4) is 6.07 Å². The lowest BCUT2D eigenvalue weighted by Gasteiger charge is -2.21. The Kier molecular flexibility index (Phi) is 4.55. The van der Waals surface area contributed by atoms with E-state index in [-0.39, 0.29) is 24.2 Å². The third-order valence-corrected chi connectivity index (χ3v) is 3.88. The van der Waals surface area contributed by atoms with Crippen LogP contribution in [0.3, 0.4) is 0 Å². The summed E-state index contributed by atoms with van der Waals surface area (Å²) in [5.41, 5.74) is 1.15. The first-order valence-electron chi connectivity index (χ1n) is 7.38. The summed E-state index contributed by atoms with van der Waals surface area (Å²) in [7, 11) is 0. The molecule has 116 valence electrons. The van der Waals surface area contributed by atoms with E-state index in [0.717, 1.165) is 5.69 Å². The van der Waals surface area contributed by atoms with E-state index in [1.165, 1.54) is 0 Å². The topological polar surface area (TPSA) is 87.0 Å². The van der Waals surface area contributed by atoms with Crippen LogP contribution in [0, 0.1) is 31.1 Å². The molecule has 1 fully saturated rings. The van der Waals surface area contributed by atoms with Crippen molar-refractivity contribution in [1.82, 2.24) is 14.9 Å². The molecule has 0 radical (unpaired) electrons. The van der Waals surface area contributed by atoms with Crippen LogP contribution in [0.15, 0.2) is 6.07 Å². The summed E-state index contributed by atoms with van der Waals surface area (Å²) in [5.74, 6) is -1.09. The van der Waals surface area contributed by atoms with Gasteiger partial charge in [0, 0.05) is 30.6 Å². The molecule has 0 saturated carbocycles. The van der Waals surface area contributed by atoms with Crippen LogP contribution in [0.25, 0.3) is 0 Å². The summed E-state index contributed by atoms with van der Waals surface area (Å²) >= 11 is 0. The molecular weight excluding hydrogens is 280 g/mol. The Morgan fingerprint density at radius 3 is 2.59 bits per heavy atom. The van der Waals surface area contributed by atoms with Gasteiger partial charge in [-0.1, -0.05) is 0 Å². The van der Waals surface area contributed by atoms with Gasteiger partial charge in [0.15, 0.2) is 5.78 Å². The van der Waals surface area contributed by atoms with Crippen LogP contribution in [0.5, 0.6) is 0 Å². The molecule has 0 aromatic carbocycles. The number of likely N-dealkylation sites (tertiary alicyclic amines) is 1. The molecule has 0 unspecified atom stereocenters. The van der Waals surface area contributed by atoms with Crippen LogP contribution in [0.4, 0.5) is 0 Å². The number of hydrogen-bond acceptors (Lipinski definition) is 5. The maximum atomic E-state index is 12.7. The fourth-order valence-electron chi connectivity index (χ4n) is 2.83. The second kappa shape index (κ2) is 6.22. The standard InChI is InChI=1S/C16H20N4O2/c1-9(2)20-8-12(6-15(20)21)16(22)13(7-17)14-5-10(3)18-11(4)19-14/h5,9,12-13H,6,8H2,1-4H3/t12-,13+/m1/s1. The van der Waals surface area contributed by atoms with Crippen LogP contribution < -0.4 is 0 Å². The summed E-state index contributed by atoms with van der Waals surface area (Å²) in [4.78, 5) is 34.7. The average Bonchev–Trinajstić information content (AvgIpc) is 2.80. The van der Waals surface area contributed by atoms with Gasteiger partial charge in [0.25, 0.3) is 0 Å². The fourth-order valence-corrected chi connectivity index (χ4v) is 2.83. The molecule has 2 heterocycles. The van der Waals surface area contributed by atoms with Gasteiger partial charge in [0.1, 0.15) is 11.7 Å². The minimum atomic E-state index is -0.940. The largest absolute Gasteiger partial charge is 0.340 e. The second-order valence-corrected chi connectivity index (χ2v) is 5.99. The molecule has 2 rings (SSSR count). The van der Waals surface area contributed by atoms with E-state index in [1.807, 2.05) is 19.9 Å². The highest BCUT2D eigenvalue weighted by molar-refractivity contribution is 5.95. The monoisotopic (exact) mass is 300 g/mol.